The zero-order valence-corrected chi connectivity index (χ0v) is 14.4. The average Bonchev–Trinajstić information content (AvgIpc) is 2.81. The Morgan fingerprint density at radius 3 is 2.33 bits per heavy atom. The van der Waals surface area contributed by atoms with Crippen molar-refractivity contribution in [1.82, 2.24) is 4.90 Å². The highest BCUT2D eigenvalue weighted by molar-refractivity contribution is 5.81. The average molecular weight is 349 g/mol. The van der Waals surface area contributed by atoms with Crippen molar-refractivity contribution in [2.24, 2.45) is 22.7 Å². The van der Waals surface area contributed by atoms with Crippen LogP contribution in [0.2, 0.25) is 0 Å². The molecule has 24 heavy (non-hydrogen) atoms. The largest absolute Gasteiger partial charge is 0.481 e. The molecular weight excluding hydrogens is 323 g/mol. The molecule has 0 aromatic rings. The van der Waals surface area contributed by atoms with Gasteiger partial charge >= 0.3 is 12.1 Å². The molecule has 4 nitrogen and oxygen atoms in total. The molecule has 1 aliphatic heterocycles. The van der Waals surface area contributed by atoms with E-state index in [4.69, 9.17) is 5.11 Å². The molecule has 7 heteroatoms. The van der Waals surface area contributed by atoms with Gasteiger partial charge in [0.25, 0.3) is 0 Å². The van der Waals surface area contributed by atoms with Crippen LogP contribution in [0.4, 0.5) is 13.2 Å². The van der Waals surface area contributed by atoms with Gasteiger partial charge in [0, 0.05) is 19.5 Å². The Hall–Kier alpha value is -1.27. The number of nitrogens with zero attached hydrogens (tertiary/aromatic N) is 1. The number of carbonyl (C=O) groups excluding carboxylic acids is 1. The first-order valence-electron chi connectivity index (χ1n) is 8.44. The van der Waals surface area contributed by atoms with Crippen LogP contribution in [0.25, 0.3) is 0 Å². The van der Waals surface area contributed by atoms with Crippen LogP contribution in [0.15, 0.2) is 0 Å². The number of carboxylic acids is 1. The van der Waals surface area contributed by atoms with Crippen LogP contribution >= 0.6 is 0 Å². The van der Waals surface area contributed by atoms with Crippen molar-refractivity contribution in [3.63, 3.8) is 0 Å². The molecule has 1 saturated heterocycles. The Labute approximate surface area is 140 Å². The third-order valence-electron chi connectivity index (χ3n) is 5.52. The summed E-state index contributed by atoms with van der Waals surface area (Å²) in [5.41, 5.74) is -2.69. The molecule has 138 valence electrons. The molecule has 3 unspecified atom stereocenters. The highest BCUT2D eigenvalue weighted by atomic mass is 19.4. The van der Waals surface area contributed by atoms with Crippen LogP contribution in [-0.4, -0.2) is 41.1 Å². The minimum Gasteiger partial charge on any atom is -0.481 e. The van der Waals surface area contributed by atoms with E-state index in [1.165, 1.54) is 0 Å². The molecule has 2 fully saturated rings. The Kier molecular flexibility index (Phi) is 4.94. The zero-order chi connectivity index (χ0) is 18.3. The van der Waals surface area contributed by atoms with Crippen molar-refractivity contribution < 1.29 is 27.9 Å². The fourth-order valence-corrected chi connectivity index (χ4v) is 4.63. The molecule has 1 aliphatic carbocycles. The SMILES string of the molecule is CC1CC(CC(=O)N2CCC(C(=O)O)(C(F)(F)F)C2)CC(C)(C)C1. The van der Waals surface area contributed by atoms with Crippen molar-refractivity contribution in [1.29, 1.82) is 0 Å². The number of likely N-dealkylation sites (tertiary alicyclic amines) is 1. The van der Waals surface area contributed by atoms with Gasteiger partial charge in [-0.15, -0.1) is 0 Å². The van der Waals surface area contributed by atoms with E-state index >= 15 is 0 Å². The molecule has 1 N–H and O–H groups in total. The van der Waals surface area contributed by atoms with E-state index in [1.807, 2.05) is 0 Å². The zero-order valence-electron chi connectivity index (χ0n) is 14.4. The van der Waals surface area contributed by atoms with Crippen LogP contribution in [-0.2, 0) is 9.59 Å². The molecule has 0 aromatic carbocycles. The second kappa shape index (κ2) is 6.23. The van der Waals surface area contributed by atoms with Crippen LogP contribution in [0, 0.1) is 22.7 Å². The lowest BCUT2D eigenvalue weighted by Crippen LogP contribution is -2.48. The van der Waals surface area contributed by atoms with E-state index in [2.05, 4.69) is 20.8 Å². The first kappa shape index (κ1) is 19.1. The Morgan fingerprint density at radius 2 is 1.88 bits per heavy atom. The third kappa shape index (κ3) is 3.70. The van der Waals surface area contributed by atoms with E-state index in [-0.39, 0.29) is 30.2 Å². The third-order valence-corrected chi connectivity index (χ3v) is 5.52. The molecule has 0 spiro atoms. The van der Waals surface area contributed by atoms with E-state index in [0.717, 1.165) is 24.2 Å². The van der Waals surface area contributed by atoms with E-state index in [9.17, 15) is 22.8 Å². The van der Waals surface area contributed by atoms with Crippen molar-refractivity contribution in [2.75, 3.05) is 13.1 Å². The summed E-state index contributed by atoms with van der Waals surface area (Å²) in [6, 6.07) is 0. The van der Waals surface area contributed by atoms with Gasteiger partial charge in [0.2, 0.25) is 5.91 Å². The van der Waals surface area contributed by atoms with Crippen molar-refractivity contribution in [3.8, 4) is 0 Å². The highest BCUT2D eigenvalue weighted by Crippen LogP contribution is 2.47. The van der Waals surface area contributed by atoms with Gasteiger partial charge in [0.15, 0.2) is 5.41 Å². The van der Waals surface area contributed by atoms with Crippen LogP contribution in [0.1, 0.15) is 52.9 Å². The summed E-state index contributed by atoms with van der Waals surface area (Å²) in [6.45, 7) is 5.52. The van der Waals surface area contributed by atoms with Gasteiger partial charge in [-0.2, -0.15) is 13.2 Å². The van der Waals surface area contributed by atoms with Gasteiger partial charge in [0.1, 0.15) is 0 Å². The fourth-order valence-electron chi connectivity index (χ4n) is 4.63. The Morgan fingerprint density at radius 1 is 1.25 bits per heavy atom. The smallest absolute Gasteiger partial charge is 0.406 e. The maximum absolute atomic E-state index is 13.2. The van der Waals surface area contributed by atoms with E-state index in [0.29, 0.717) is 5.92 Å². The molecular formula is C17H26F3NO3. The number of aliphatic carboxylic acids is 1. The summed E-state index contributed by atoms with van der Waals surface area (Å²) in [6.07, 6.45) is -2.36. The second-order valence-corrected chi connectivity index (χ2v) is 8.43. The summed E-state index contributed by atoms with van der Waals surface area (Å²) in [5, 5.41) is 9.07. The fraction of sp³-hybridized carbons (Fsp3) is 0.882. The lowest BCUT2D eigenvalue weighted by Gasteiger charge is -2.39. The molecule has 0 aromatic heterocycles. The summed E-state index contributed by atoms with van der Waals surface area (Å²) < 4.78 is 39.6. The van der Waals surface area contributed by atoms with Crippen molar-refractivity contribution >= 4 is 11.9 Å². The molecule has 2 aliphatic rings. The summed E-state index contributed by atoms with van der Waals surface area (Å²) >= 11 is 0. The number of carbonyl (C=O) groups is 2. The minimum atomic E-state index is -4.85. The molecule has 1 heterocycles. The summed E-state index contributed by atoms with van der Waals surface area (Å²) in [5.74, 6) is -1.60. The predicted molar refractivity (Wildman–Crippen MR) is 82.2 cm³/mol. The number of rotatable bonds is 3. The molecule has 3 atom stereocenters. The number of alkyl halides is 3. The first-order chi connectivity index (χ1) is 10.9. The van der Waals surface area contributed by atoms with Gasteiger partial charge in [-0.25, -0.2) is 0 Å². The van der Waals surface area contributed by atoms with E-state index < -0.39 is 30.5 Å². The summed E-state index contributed by atoms with van der Waals surface area (Å²) in [4.78, 5) is 24.7. The van der Waals surface area contributed by atoms with Crippen LogP contribution in [0.5, 0.6) is 0 Å². The quantitative estimate of drug-likeness (QED) is 0.845. The predicted octanol–water partition coefficient (Wildman–Crippen LogP) is 3.70. The van der Waals surface area contributed by atoms with Gasteiger partial charge in [-0.1, -0.05) is 20.8 Å². The van der Waals surface area contributed by atoms with Gasteiger partial charge < -0.3 is 10.0 Å². The molecule has 0 bridgehead atoms. The maximum atomic E-state index is 13.2. The van der Waals surface area contributed by atoms with Crippen LogP contribution in [0.3, 0.4) is 0 Å². The molecule has 1 amide bonds. The van der Waals surface area contributed by atoms with Crippen molar-refractivity contribution in [3.05, 3.63) is 0 Å². The topological polar surface area (TPSA) is 57.6 Å². The highest BCUT2D eigenvalue weighted by Gasteiger charge is 2.64. The van der Waals surface area contributed by atoms with Gasteiger partial charge in [-0.05, 0) is 42.9 Å². The molecule has 0 radical (unpaired) electrons. The maximum Gasteiger partial charge on any atom is 0.406 e. The first-order valence-corrected chi connectivity index (χ1v) is 8.44. The Bertz CT molecular complexity index is 518. The standard InChI is InChI=1S/C17H26F3NO3/c1-11-6-12(9-15(2,3)8-11)7-13(22)21-5-4-16(10-21,14(23)24)17(18,19)20/h11-12H,4-10H2,1-3H3,(H,23,24). The van der Waals surface area contributed by atoms with Gasteiger partial charge in [-0.3, -0.25) is 9.59 Å². The number of carboxylic acid groups (broad SMARTS) is 1. The lowest BCUT2D eigenvalue weighted by molar-refractivity contribution is -0.227. The lowest BCUT2D eigenvalue weighted by atomic mass is 9.67. The number of hydrogen-bond acceptors (Lipinski definition) is 2. The minimum absolute atomic E-state index is 0.129. The monoisotopic (exact) mass is 349 g/mol. The van der Waals surface area contributed by atoms with Gasteiger partial charge in [0.05, 0.1) is 0 Å². The molecule has 2 rings (SSSR count). The number of amides is 1. The van der Waals surface area contributed by atoms with E-state index in [1.54, 1.807) is 0 Å². The number of hydrogen-bond donors (Lipinski definition) is 1. The van der Waals surface area contributed by atoms with Crippen molar-refractivity contribution in [2.45, 2.75) is 59.1 Å². The summed E-state index contributed by atoms with van der Waals surface area (Å²) in [7, 11) is 0. The second-order valence-electron chi connectivity index (χ2n) is 8.43. The normalized spacial score (nSPS) is 33.5. The Balaban J connectivity index is 2.03. The number of halogens is 3. The molecule has 1 saturated carbocycles. The van der Waals surface area contributed by atoms with Crippen LogP contribution < -0.4 is 0 Å².